The van der Waals surface area contributed by atoms with Gasteiger partial charge in [0.05, 0.1) is 12.3 Å². The minimum absolute atomic E-state index is 0.167. The van der Waals surface area contributed by atoms with Crippen molar-refractivity contribution in [2.75, 3.05) is 0 Å². The molecule has 0 aliphatic carbocycles. The number of nitrogens with zero attached hydrogens (tertiary/aromatic N) is 1. The fraction of sp³-hybridized carbons (Fsp3) is 0.417. The summed E-state index contributed by atoms with van der Waals surface area (Å²) in [6.07, 6.45) is 0. The molecule has 2 aromatic rings. The normalized spacial score (nSPS) is 13.6. The Morgan fingerprint density at radius 2 is 2.15 bits per heavy atom. The lowest BCUT2D eigenvalue weighted by Crippen LogP contribution is -2.26. The van der Waals surface area contributed by atoms with E-state index in [9.17, 15) is 8.42 Å². The van der Waals surface area contributed by atoms with Gasteiger partial charge in [-0.2, -0.15) is 0 Å². The van der Waals surface area contributed by atoms with Crippen LogP contribution in [-0.2, 0) is 16.6 Å². The molecule has 110 valence electrons. The molecule has 0 saturated heterocycles. The van der Waals surface area contributed by atoms with Crippen molar-refractivity contribution in [1.29, 1.82) is 0 Å². The monoisotopic (exact) mass is 316 g/mol. The highest BCUT2D eigenvalue weighted by atomic mass is 32.2. The zero-order valence-corrected chi connectivity index (χ0v) is 13.0. The van der Waals surface area contributed by atoms with Gasteiger partial charge in [-0.1, -0.05) is 5.16 Å². The van der Waals surface area contributed by atoms with Crippen LogP contribution in [0.25, 0.3) is 0 Å². The summed E-state index contributed by atoms with van der Waals surface area (Å²) in [5, 5.41) is 12.8. The van der Waals surface area contributed by atoms with Crippen LogP contribution in [0.5, 0.6) is 0 Å². The highest BCUT2D eigenvalue weighted by Crippen LogP contribution is 2.26. The van der Waals surface area contributed by atoms with E-state index in [4.69, 9.17) is 9.63 Å². The molecular weight excluding hydrogens is 300 g/mol. The Balaban J connectivity index is 2.24. The molecule has 2 aromatic heterocycles. The molecular formula is C12H16N2O4S2. The number of rotatable bonds is 5. The molecule has 1 atom stereocenters. The van der Waals surface area contributed by atoms with E-state index in [1.165, 1.54) is 6.07 Å². The van der Waals surface area contributed by atoms with Crippen LogP contribution in [0.4, 0.5) is 0 Å². The molecule has 0 amide bonds. The summed E-state index contributed by atoms with van der Waals surface area (Å²) in [7, 11) is -3.62. The van der Waals surface area contributed by atoms with Crippen molar-refractivity contribution in [3.8, 4) is 0 Å². The standard InChI is InChI=1S/C12H16N2O4S2/c1-7-12(9(3)18-13-7)8(2)14-20(16,17)11-5-4-10(6-15)19-11/h4-5,8,14-15H,6H2,1-3H3. The first-order chi connectivity index (χ1) is 9.35. The summed E-state index contributed by atoms with van der Waals surface area (Å²) in [4.78, 5) is 0.607. The number of nitrogens with one attached hydrogen (secondary N) is 1. The minimum atomic E-state index is -3.62. The molecule has 0 aromatic carbocycles. The second kappa shape index (κ2) is 5.65. The topological polar surface area (TPSA) is 92.4 Å². The van der Waals surface area contributed by atoms with Crippen LogP contribution in [0.15, 0.2) is 20.9 Å². The predicted molar refractivity (Wildman–Crippen MR) is 75.0 cm³/mol. The highest BCUT2D eigenvalue weighted by Gasteiger charge is 2.24. The fourth-order valence-corrected chi connectivity index (χ4v) is 4.49. The maximum atomic E-state index is 12.3. The van der Waals surface area contributed by atoms with Crippen molar-refractivity contribution < 1.29 is 18.0 Å². The van der Waals surface area contributed by atoms with Crippen LogP contribution < -0.4 is 4.72 Å². The molecule has 1 unspecified atom stereocenters. The highest BCUT2D eigenvalue weighted by molar-refractivity contribution is 7.91. The quantitative estimate of drug-likeness (QED) is 0.878. The largest absolute Gasteiger partial charge is 0.391 e. The lowest BCUT2D eigenvalue weighted by molar-refractivity contribution is 0.285. The van der Waals surface area contributed by atoms with Gasteiger partial charge >= 0.3 is 0 Å². The van der Waals surface area contributed by atoms with E-state index in [0.717, 1.165) is 16.9 Å². The van der Waals surface area contributed by atoms with Crippen LogP contribution in [-0.4, -0.2) is 18.7 Å². The smallest absolute Gasteiger partial charge is 0.250 e. The van der Waals surface area contributed by atoms with Crippen molar-refractivity contribution >= 4 is 21.4 Å². The van der Waals surface area contributed by atoms with Crippen LogP contribution in [0.3, 0.4) is 0 Å². The van der Waals surface area contributed by atoms with Gasteiger partial charge in [0.25, 0.3) is 10.0 Å². The number of thiophene rings is 1. The fourth-order valence-electron chi connectivity index (χ4n) is 2.05. The Kier molecular flexibility index (Phi) is 4.28. The van der Waals surface area contributed by atoms with Gasteiger partial charge in [0, 0.05) is 16.5 Å². The van der Waals surface area contributed by atoms with E-state index < -0.39 is 16.1 Å². The van der Waals surface area contributed by atoms with Crippen molar-refractivity contribution in [3.63, 3.8) is 0 Å². The van der Waals surface area contributed by atoms with Gasteiger partial charge in [-0.05, 0) is 32.9 Å². The van der Waals surface area contributed by atoms with Crippen LogP contribution >= 0.6 is 11.3 Å². The second-order valence-electron chi connectivity index (χ2n) is 4.46. The molecule has 0 bridgehead atoms. The Bertz CT molecular complexity index is 683. The van der Waals surface area contributed by atoms with Gasteiger partial charge in [0.1, 0.15) is 9.97 Å². The summed E-state index contributed by atoms with van der Waals surface area (Å²) in [6.45, 7) is 5.09. The molecule has 20 heavy (non-hydrogen) atoms. The average molecular weight is 316 g/mol. The predicted octanol–water partition coefficient (Wildman–Crippen LogP) is 1.88. The van der Waals surface area contributed by atoms with Crippen LogP contribution in [0, 0.1) is 13.8 Å². The summed E-state index contributed by atoms with van der Waals surface area (Å²) in [5.41, 5.74) is 1.41. The van der Waals surface area contributed by atoms with E-state index in [-0.39, 0.29) is 10.8 Å². The molecule has 0 spiro atoms. The lowest BCUT2D eigenvalue weighted by atomic mass is 10.1. The van der Waals surface area contributed by atoms with E-state index in [2.05, 4.69) is 9.88 Å². The molecule has 2 rings (SSSR count). The molecule has 0 aliphatic heterocycles. The number of hydrogen-bond acceptors (Lipinski definition) is 6. The summed E-state index contributed by atoms with van der Waals surface area (Å²) in [5.74, 6) is 0.597. The van der Waals surface area contributed by atoms with Crippen LogP contribution in [0.2, 0.25) is 0 Å². The van der Waals surface area contributed by atoms with Gasteiger partial charge < -0.3 is 9.63 Å². The van der Waals surface area contributed by atoms with E-state index in [1.807, 2.05) is 0 Å². The Morgan fingerprint density at radius 1 is 1.45 bits per heavy atom. The summed E-state index contributed by atoms with van der Waals surface area (Å²) >= 11 is 1.05. The Hall–Kier alpha value is -1.22. The third kappa shape index (κ3) is 2.93. The average Bonchev–Trinajstić information content (AvgIpc) is 2.96. The van der Waals surface area contributed by atoms with E-state index in [1.54, 1.807) is 26.8 Å². The van der Waals surface area contributed by atoms with Gasteiger partial charge in [0.2, 0.25) is 0 Å². The minimum Gasteiger partial charge on any atom is -0.391 e. The first kappa shape index (κ1) is 15.2. The molecule has 6 nitrogen and oxygen atoms in total. The Labute approximate surface area is 121 Å². The molecule has 8 heteroatoms. The zero-order chi connectivity index (χ0) is 14.9. The molecule has 0 aliphatic rings. The maximum Gasteiger partial charge on any atom is 0.250 e. The van der Waals surface area contributed by atoms with Gasteiger partial charge in [-0.3, -0.25) is 0 Å². The molecule has 2 heterocycles. The van der Waals surface area contributed by atoms with Gasteiger partial charge in [0.15, 0.2) is 0 Å². The molecule has 0 radical (unpaired) electrons. The third-order valence-corrected chi connectivity index (χ3v) is 6.01. The van der Waals surface area contributed by atoms with Gasteiger partial charge in [-0.15, -0.1) is 11.3 Å². The number of aryl methyl sites for hydroxylation is 2. The third-order valence-electron chi connectivity index (χ3n) is 2.91. The van der Waals surface area contributed by atoms with Crippen molar-refractivity contribution in [2.45, 2.75) is 37.6 Å². The van der Waals surface area contributed by atoms with Crippen molar-refractivity contribution in [3.05, 3.63) is 34.0 Å². The molecule has 0 saturated carbocycles. The number of hydrogen-bond donors (Lipinski definition) is 2. The Morgan fingerprint density at radius 3 is 2.65 bits per heavy atom. The number of aliphatic hydroxyl groups excluding tert-OH is 1. The maximum absolute atomic E-state index is 12.3. The SMILES string of the molecule is Cc1noc(C)c1C(C)NS(=O)(=O)c1ccc(CO)s1. The van der Waals surface area contributed by atoms with Crippen molar-refractivity contribution in [2.24, 2.45) is 0 Å². The van der Waals surface area contributed by atoms with E-state index >= 15 is 0 Å². The van der Waals surface area contributed by atoms with Gasteiger partial charge in [-0.25, -0.2) is 13.1 Å². The lowest BCUT2D eigenvalue weighted by Gasteiger charge is -2.13. The molecule has 2 N–H and O–H groups in total. The first-order valence-corrected chi connectivity index (χ1v) is 8.29. The number of sulfonamides is 1. The second-order valence-corrected chi connectivity index (χ2v) is 7.57. The van der Waals surface area contributed by atoms with Crippen LogP contribution in [0.1, 0.15) is 34.9 Å². The molecule has 0 fully saturated rings. The van der Waals surface area contributed by atoms with E-state index in [0.29, 0.717) is 16.3 Å². The number of aromatic nitrogens is 1. The zero-order valence-electron chi connectivity index (χ0n) is 11.4. The first-order valence-electron chi connectivity index (χ1n) is 6.00. The van der Waals surface area contributed by atoms with Crippen molar-refractivity contribution in [1.82, 2.24) is 9.88 Å². The summed E-state index contributed by atoms with van der Waals surface area (Å²) < 4.78 is 32.3. The number of aliphatic hydroxyl groups is 1. The summed E-state index contributed by atoms with van der Waals surface area (Å²) in [6, 6.07) is 2.64.